The molecule has 1 aliphatic heterocycles. The molecular weight excluding hydrogens is 400 g/mol. The SMILES string of the molecule is CCc1ccc(-c2nc(SCC(=O)N3CCC(C)Sc4ccccc43)n[nH]2)cc1. The summed E-state index contributed by atoms with van der Waals surface area (Å²) in [6, 6.07) is 16.5. The van der Waals surface area contributed by atoms with Crippen LogP contribution in [0, 0.1) is 0 Å². The average Bonchev–Trinajstić information content (AvgIpc) is 3.15. The van der Waals surface area contributed by atoms with Crippen LogP contribution in [0.2, 0.25) is 0 Å². The van der Waals surface area contributed by atoms with Crippen LogP contribution >= 0.6 is 23.5 Å². The molecule has 3 aromatic rings. The first kappa shape index (κ1) is 20.0. The fraction of sp³-hybridized carbons (Fsp3) is 0.318. The predicted molar refractivity (Wildman–Crippen MR) is 121 cm³/mol. The monoisotopic (exact) mass is 424 g/mol. The Morgan fingerprint density at radius 1 is 1.24 bits per heavy atom. The van der Waals surface area contributed by atoms with E-state index >= 15 is 0 Å². The molecular formula is C22H24N4OS2. The number of H-pyrrole nitrogens is 1. The van der Waals surface area contributed by atoms with Crippen LogP contribution in [0.4, 0.5) is 5.69 Å². The van der Waals surface area contributed by atoms with Crippen LogP contribution in [0.1, 0.15) is 25.8 Å². The highest BCUT2D eigenvalue weighted by Crippen LogP contribution is 2.37. The van der Waals surface area contributed by atoms with Gasteiger partial charge in [-0.2, -0.15) is 0 Å². The van der Waals surface area contributed by atoms with E-state index in [-0.39, 0.29) is 5.91 Å². The maximum absolute atomic E-state index is 13.0. The number of carbonyl (C=O) groups is 1. The van der Waals surface area contributed by atoms with Crippen molar-refractivity contribution in [2.45, 2.75) is 42.0 Å². The summed E-state index contributed by atoms with van der Waals surface area (Å²) in [6.45, 7) is 5.09. The summed E-state index contributed by atoms with van der Waals surface area (Å²) in [6.07, 6.45) is 1.99. The van der Waals surface area contributed by atoms with Gasteiger partial charge in [0, 0.05) is 22.3 Å². The van der Waals surface area contributed by atoms with Gasteiger partial charge in [0.15, 0.2) is 5.82 Å². The van der Waals surface area contributed by atoms with E-state index in [4.69, 9.17) is 0 Å². The lowest BCUT2D eigenvalue weighted by molar-refractivity contribution is -0.116. The highest BCUT2D eigenvalue weighted by atomic mass is 32.2. The first-order valence-corrected chi connectivity index (χ1v) is 11.7. The number of benzene rings is 2. The first-order valence-electron chi connectivity index (χ1n) is 9.84. The molecule has 1 amide bonds. The zero-order valence-corrected chi connectivity index (χ0v) is 18.2. The van der Waals surface area contributed by atoms with Crippen molar-refractivity contribution in [3.63, 3.8) is 0 Å². The molecule has 0 radical (unpaired) electrons. The van der Waals surface area contributed by atoms with Gasteiger partial charge in [-0.1, -0.05) is 62.0 Å². The molecule has 0 bridgehead atoms. The molecule has 0 aliphatic carbocycles. The Morgan fingerprint density at radius 2 is 2.03 bits per heavy atom. The number of aryl methyl sites for hydroxylation is 1. The van der Waals surface area contributed by atoms with Crippen LogP contribution in [-0.2, 0) is 11.2 Å². The molecule has 1 aliphatic rings. The molecule has 0 saturated carbocycles. The summed E-state index contributed by atoms with van der Waals surface area (Å²) in [4.78, 5) is 20.6. The molecule has 0 spiro atoms. The van der Waals surface area contributed by atoms with E-state index in [1.54, 1.807) is 0 Å². The molecule has 1 N–H and O–H groups in total. The third-order valence-electron chi connectivity index (χ3n) is 4.97. The Bertz CT molecular complexity index is 986. The molecule has 1 atom stereocenters. The van der Waals surface area contributed by atoms with E-state index in [1.807, 2.05) is 47.0 Å². The molecule has 0 fully saturated rings. The quantitative estimate of drug-likeness (QED) is 0.581. The lowest BCUT2D eigenvalue weighted by atomic mass is 10.1. The fourth-order valence-electron chi connectivity index (χ4n) is 3.29. The molecule has 5 nitrogen and oxygen atoms in total. The van der Waals surface area contributed by atoms with E-state index in [9.17, 15) is 4.79 Å². The van der Waals surface area contributed by atoms with Gasteiger partial charge >= 0.3 is 0 Å². The van der Waals surface area contributed by atoms with Gasteiger partial charge < -0.3 is 4.90 Å². The molecule has 4 rings (SSSR count). The third kappa shape index (κ3) is 4.67. The van der Waals surface area contributed by atoms with Crippen LogP contribution in [0.3, 0.4) is 0 Å². The van der Waals surface area contributed by atoms with E-state index in [1.165, 1.54) is 22.2 Å². The molecule has 7 heteroatoms. The topological polar surface area (TPSA) is 61.9 Å². The van der Waals surface area contributed by atoms with Crippen molar-refractivity contribution in [2.75, 3.05) is 17.2 Å². The predicted octanol–water partition coefficient (Wildman–Crippen LogP) is 5.04. The number of aromatic amines is 1. The van der Waals surface area contributed by atoms with Gasteiger partial charge in [0.1, 0.15) is 0 Å². The van der Waals surface area contributed by atoms with Gasteiger partial charge in [-0.05, 0) is 30.5 Å². The first-order chi connectivity index (χ1) is 14.1. The second-order valence-electron chi connectivity index (χ2n) is 7.04. The molecule has 0 saturated heterocycles. The number of amides is 1. The van der Waals surface area contributed by atoms with Crippen molar-refractivity contribution >= 4 is 35.1 Å². The number of carbonyl (C=O) groups excluding carboxylic acids is 1. The van der Waals surface area contributed by atoms with E-state index < -0.39 is 0 Å². The number of fused-ring (bicyclic) bond motifs is 1. The number of nitrogens with zero attached hydrogens (tertiary/aromatic N) is 3. The number of hydrogen-bond acceptors (Lipinski definition) is 5. The van der Waals surface area contributed by atoms with Gasteiger partial charge in [-0.25, -0.2) is 4.98 Å². The zero-order valence-electron chi connectivity index (χ0n) is 16.6. The smallest absolute Gasteiger partial charge is 0.237 e. The Labute approximate surface area is 179 Å². The normalized spacial score (nSPS) is 16.3. The standard InChI is InChI=1S/C22H24N4OS2/c1-3-16-8-10-17(11-9-16)21-23-22(25-24-21)28-14-20(27)26-13-12-15(2)29-19-7-5-4-6-18(19)26/h4-11,15H,3,12-14H2,1-2H3,(H,23,24,25). The second kappa shape index (κ2) is 9.05. The Morgan fingerprint density at radius 3 is 2.83 bits per heavy atom. The van der Waals surface area contributed by atoms with Gasteiger partial charge in [0.2, 0.25) is 11.1 Å². The maximum atomic E-state index is 13.0. The summed E-state index contributed by atoms with van der Waals surface area (Å²) >= 11 is 3.22. The van der Waals surface area contributed by atoms with Crippen LogP contribution < -0.4 is 4.90 Å². The van der Waals surface area contributed by atoms with Crippen molar-refractivity contribution in [2.24, 2.45) is 0 Å². The van der Waals surface area contributed by atoms with Gasteiger partial charge in [-0.15, -0.1) is 16.9 Å². The number of thioether (sulfide) groups is 2. The molecule has 1 unspecified atom stereocenters. The van der Waals surface area contributed by atoms with Crippen molar-refractivity contribution in [1.82, 2.24) is 15.2 Å². The Balaban J connectivity index is 1.43. The maximum Gasteiger partial charge on any atom is 0.237 e. The number of para-hydroxylation sites is 1. The third-order valence-corrected chi connectivity index (χ3v) is 7.04. The highest BCUT2D eigenvalue weighted by Gasteiger charge is 2.24. The number of rotatable bonds is 5. The number of hydrogen-bond donors (Lipinski definition) is 1. The van der Waals surface area contributed by atoms with Crippen molar-refractivity contribution in [3.05, 3.63) is 54.1 Å². The molecule has 1 aromatic heterocycles. The summed E-state index contributed by atoms with van der Waals surface area (Å²) in [5.41, 5.74) is 3.30. The van der Waals surface area contributed by atoms with Crippen LogP contribution in [0.5, 0.6) is 0 Å². The summed E-state index contributed by atoms with van der Waals surface area (Å²) in [5, 5.41) is 8.36. The van der Waals surface area contributed by atoms with E-state index in [0.717, 1.165) is 36.5 Å². The number of anilines is 1. The van der Waals surface area contributed by atoms with Gasteiger partial charge in [0.25, 0.3) is 0 Å². The summed E-state index contributed by atoms with van der Waals surface area (Å²) < 4.78 is 0. The van der Waals surface area contributed by atoms with Crippen molar-refractivity contribution in [3.8, 4) is 11.4 Å². The molecule has 150 valence electrons. The molecule has 2 aromatic carbocycles. The zero-order chi connectivity index (χ0) is 20.2. The summed E-state index contributed by atoms with van der Waals surface area (Å²) in [7, 11) is 0. The van der Waals surface area contributed by atoms with Crippen LogP contribution in [0.15, 0.2) is 58.6 Å². The largest absolute Gasteiger partial charge is 0.311 e. The average molecular weight is 425 g/mol. The molecule has 2 heterocycles. The minimum atomic E-state index is 0.0933. The number of nitrogens with one attached hydrogen (secondary N) is 1. The summed E-state index contributed by atoms with van der Waals surface area (Å²) in [5.74, 6) is 1.14. The minimum absolute atomic E-state index is 0.0933. The number of aromatic nitrogens is 3. The minimum Gasteiger partial charge on any atom is -0.311 e. The van der Waals surface area contributed by atoms with E-state index in [0.29, 0.717) is 16.2 Å². The Kier molecular flexibility index (Phi) is 6.25. The van der Waals surface area contributed by atoms with Crippen molar-refractivity contribution < 1.29 is 4.79 Å². The lowest BCUT2D eigenvalue weighted by Gasteiger charge is -2.22. The van der Waals surface area contributed by atoms with Crippen LogP contribution in [-0.4, -0.2) is 38.6 Å². The Hall–Kier alpha value is -2.25. The van der Waals surface area contributed by atoms with Gasteiger partial charge in [-0.3, -0.25) is 9.89 Å². The van der Waals surface area contributed by atoms with Gasteiger partial charge in [0.05, 0.1) is 11.4 Å². The second-order valence-corrected chi connectivity index (χ2v) is 9.46. The highest BCUT2D eigenvalue weighted by molar-refractivity contribution is 8.00. The molecule has 29 heavy (non-hydrogen) atoms. The van der Waals surface area contributed by atoms with Crippen LogP contribution in [0.25, 0.3) is 11.4 Å². The fourth-order valence-corrected chi connectivity index (χ4v) is 5.08. The van der Waals surface area contributed by atoms with E-state index in [2.05, 4.69) is 47.2 Å². The van der Waals surface area contributed by atoms with Crippen molar-refractivity contribution in [1.29, 1.82) is 0 Å². The lowest BCUT2D eigenvalue weighted by Crippen LogP contribution is -2.33.